The van der Waals surface area contributed by atoms with Gasteiger partial charge in [-0.15, -0.1) is 11.3 Å². The lowest BCUT2D eigenvalue weighted by Crippen LogP contribution is -1.92. The van der Waals surface area contributed by atoms with Crippen LogP contribution < -0.4 is 0 Å². The number of pyridine rings is 1. The predicted octanol–water partition coefficient (Wildman–Crippen LogP) is 2.81. The van der Waals surface area contributed by atoms with Crippen molar-refractivity contribution >= 4 is 34.4 Å². The van der Waals surface area contributed by atoms with E-state index in [0.29, 0.717) is 5.02 Å². The van der Waals surface area contributed by atoms with Crippen molar-refractivity contribution in [2.45, 2.75) is 0 Å². The zero-order valence-electron chi connectivity index (χ0n) is 8.87. The highest BCUT2D eigenvalue weighted by Gasteiger charge is 2.13. The van der Waals surface area contributed by atoms with Crippen LogP contribution in [0, 0.1) is 0 Å². The molecule has 3 aromatic rings. The second-order valence-electron chi connectivity index (χ2n) is 3.57. The third-order valence-electron chi connectivity index (χ3n) is 2.43. The molecule has 3 rings (SSSR count). The summed E-state index contributed by atoms with van der Waals surface area (Å²) in [5.74, 6) is -1.02. The SMILES string of the molecule is O=C(O)c1ncc(-c2cnn3cc(Cl)ccc23)s1. The molecule has 0 aliphatic heterocycles. The number of carboxylic acid groups (broad SMARTS) is 1. The molecule has 0 radical (unpaired) electrons. The van der Waals surface area contributed by atoms with Crippen molar-refractivity contribution in [3.05, 3.63) is 40.8 Å². The standard InChI is InChI=1S/C11H6ClN3O2S/c12-6-1-2-8-7(3-14-15(8)5-6)9-4-13-10(18-9)11(16)17/h1-5H,(H,16,17). The minimum absolute atomic E-state index is 0.0679. The average Bonchev–Trinajstić information content (AvgIpc) is 2.92. The van der Waals surface area contributed by atoms with Gasteiger partial charge in [0.05, 0.1) is 21.6 Å². The lowest BCUT2D eigenvalue weighted by Gasteiger charge is -1.95. The van der Waals surface area contributed by atoms with Crippen molar-refractivity contribution in [1.29, 1.82) is 0 Å². The zero-order valence-corrected chi connectivity index (χ0v) is 10.4. The van der Waals surface area contributed by atoms with E-state index in [2.05, 4.69) is 10.1 Å². The molecule has 90 valence electrons. The number of hydrogen-bond donors (Lipinski definition) is 1. The van der Waals surface area contributed by atoms with Gasteiger partial charge in [0.15, 0.2) is 0 Å². The minimum atomic E-state index is -1.02. The van der Waals surface area contributed by atoms with E-state index < -0.39 is 5.97 Å². The molecular weight excluding hydrogens is 274 g/mol. The molecule has 7 heteroatoms. The van der Waals surface area contributed by atoms with Gasteiger partial charge >= 0.3 is 5.97 Å². The molecule has 0 unspecified atom stereocenters. The Morgan fingerprint density at radius 2 is 2.22 bits per heavy atom. The number of nitrogens with zero attached hydrogens (tertiary/aromatic N) is 3. The van der Waals surface area contributed by atoms with E-state index in [9.17, 15) is 4.79 Å². The second-order valence-corrected chi connectivity index (χ2v) is 5.04. The van der Waals surface area contributed by atoms with E-state index in [1.54, 1.807) is 29.2 Å². The van der Waals surface area contributed by atoms with Crippen LogP contribution in [0.3, 0.4) is 0 Å². The summed E-state index contributed by atoms with van der Waals surface area (Å²) in [5, 5.41) is 13.7. The number of aromatic carboxylic acids is 1. The Kier molecular flexibility index (Phi) is 2.53. The lowest BCUT2D eigenvalue weighted by molar-refractivity contribution is 0.0696. The van der Waals surface area contributed by atoms with Crippen molar-refractivity contribution in [2.24, 2.45) is 0 Å². The van der Waals surface area contributed by atoms with E-state index in [0.717, 1.165) is 27.3 Å². The van der Waals surface area contributed by atoms with Crippen molar-refractivity contribution < 1.29 is 9.90 Å². The van der Waals surface area contributed by atoms with E-state index in [1.807, 2.05) is 6.07 Å². The number of aromatic nitrogens is 3. The van der Waals surface area contributed by atoms with Gasteiger partial charge in [-0.2, -0.15) is 5.10 Å². The molecule has 0 aliphatic rings. The van der Waals surface area contributed by atoms with Crippen LogP contribution in [0.2, 0.25) is 5.02 Å². The van der Waals surface area contributed by atoms with Crippen LogP contribution in [-0.2, 0) is 0 Å². The van der Waals surface area contributed by atoms with Crippen LogP contribution in [0.4, 0.5) is 0 Å². The van der Waals surface area contributed by atoms with Crippen molar-refractivity contribution in [2.75, 3.05) is 0 Å². The van der Waals surface area contributed by atoms with E-state index in [4.69, 9.17) is 16.7 Å². The molecule has 1 N–H and O–H groups in total. The average molecular weight is 280 g/mol. The Hall–Kier alpha value is -1.92. The summed E-state index contributed by atoms with van der Waals surface area (Å²) in [5.41, 5.74) is 1.71. The first-order valence-corrected chi connectivity index (χ1v) is 6.17. The summed E-state index contributed by atoms with van der Waals surface area (Å²) in [6, 6.07) is 3.60. The highest BCUT2D eigenvalue weighted by molar-refractivity contribution is 7.16. The number of halogens is 1. The Labute approximate surface area is 110 Å². The highest BCUT2D eigenvalue weighted by Crippen LogP contribution is 2.30. The van der Waals surface area contributed by atoms with Gasteiger partial charge in [0.1, 0.15) is 0 Å². The molecule has 3 aromatic heterocycles. The van der Waals surface area contributed by atoms with Crippen molar-refractivity contribution in [3.8, 4) is 10.4 Å². The monoisotopic (exact) mass is 279 g/mol. The Bertz CT molecular complexity index is 750. The second kappa shape index (κ2) is 4.08. The number of thiazole rings is 1. The maximum atomic E-state index is 10.8. The molecule has 0 spiro atoms. The fourth-order valence-electron chi connectivity index (χ4n) is 1.65. The molecule has 5 nitrogen and oxygen atoms in total. The number of carboxylic acids is 1. The quantitative estimate of drug-likeness (QED) is 0.783. The summed E-state index contributed by atoms with van der Waals surface area (Å²) in [6.45, 7) is 0. The fraction of sp³-hybridized carbons (Fsp3) is 0. The lowest BCUT2D eigenvalue weighted by atomic mass is 10.2. The predicted molar refractivity (Wildman–Crippen MR) is 68.3 cm³/mol. The van der Waals surface area contributed by atoms with Gasteiger partial charge in [0, 0.05) is 18.0 Å². The molecule has 0 saturated heterocycles. The Balaban J connectivity index is 2.16. The summed E-state index contributed by atoms with van der Waals surface area (Å²) < 4.78 is 1.65. The zero-order chi connectivity index (χ0) is 12.7. The maximum Gasteiger partial charge on any atom is 0.365 e. The van der Waals surface area contributed by atoms with Gasteiger partial charge in [-0.3, -0.25) is 0 Å². The summed E-state index contributed by atoms with van der Waals surface area (Å²) in [6.07, 6.45) is 4.91. The van der Waals surface area contributed by atoms with Crippen LogP contribution in [0.25, 0.3) is 16.0 Å². The topological polar surface area (TPSA) is 67.5 Å². The van der Waals surface area contributed by atoms with Gasteiger partial charge in [0.25, 0.3) is 0 Å². The first kappa shape index (κ1) is 11.2. The van der Waals surface area contributed by atoms with Gasteiger partial charge in [-0.05, 0) is 12.1 Å². The molecule has 0 saturated carbocycles. The van der Waals surface area contributed by atoms with E-state index in [-0.39, 0.29) is 5.01 Å². The smallest absolute Gasteiger partial charge is 0.365 e. The molecule has 0 fully saturated rings. The maximum absolute atomic E-state index is 10.8. The number of rotatable bonds is 2. The van der Waals surface area contributed by atoms with Gasteiger partial charge in [-0.1, -0.05) is 11.6 Å². The molecule has 0 amide bonds. The Morgan fingerprint density at radius 1 is 1.39 bits per heavy atom. The van der Waals surface area contributed by atoms with E-state index >= 15 is 0 Å². The molecule has 18 heavy (non-hydrogen) atoms. The first-order valence-electron chi connectivity index (χ1n) is 4.97. The number of carbonyl (C=O) groups is 1. The summed E-state index contributed by atoms with van der Waals surface area (Å²) >= 11 is 6.99. The van der Waals surface area contributed by atoms with Crippen LogP contribution in [0.1, 0.15) is 9.80 Å². The van der Waals surface area contributed by atoms with Crippen LogP contribution >= 0.6 is 22.9 Å². The fourth-order valence-corrected chi connectivity index (χ4v) is 2.58. The first-order chi connectivity index (χ1) is 8.65. The molecule has 3 heterocycles. The van der Waals surface area contributed by atoms with Crippen molar-refractivity contribution in [3.63, 3.8) is 0 Å². The number of fused-ring (bicyclic) bond motifs is 1. The minimum Gasteiger partial charge on any atom is -0.476 e. The third-order valence-corrected chi connectivity index (χ3v) is 3.68. The molecule has 0 bridgehead atoms. The van der Waals surface area contributed by atoms with Gasteiger partial charge in [-0.25, -0.2) is 14.3 Å². The van der Waals surface area contributed by atoms with E-state index in [1.165, 1.54) is 0 Å². The summed E-state index contributed by atoms with van der Waals surface area (Å²) in [7, 11) is 0. The largest absolute Gasteiger partial charge is 0.476 e. The highest BCUT2D eigenvalue weighted by atomic mass is 35.5. The van der Waals surface area contributed by atoms with Gasteiger partial charge in [0.2, 0.25) is 5.01 Å². The van der Waals surface area contributed by atoms with Crippen LogP contribution in [-0.4, -0.2) is 25.7 Å². The summed E-state index contributed by atoms with van der Waals surface area (Å²) in [4.78, 5) is 15.4. The molecule has 0 atom stereocenters. The van der Waals surface area contributed by atoms with Crippen LogP contribution in [0.15, 0.2) is 30.7 Å². The van der Waals surface area contributed by atoms with Gasteiger partial charge < -0.3 is 5.11 Å². The Morgan fingerprint density at radius 3 is 2.94 bits per heavy atom. The molecular formula is C11H6ClN3O2S. The number of hydrogen-bond acceptors (Lipinski definition) is 4. The van der Waals surface area contributed by atoms with Crippen LogP contribution in [0.5, 0.6) is 0 Å². The molecule has 0 aromatic carbocycles. The van der Waals surface area contributed by atoms with Crippen molar-refractivity contribution in [1.82, 2.24) is 14.6 Å². The normalized spacial score (nSPS) is 10.9. The third kappa shape index (κ3) is 1.75. The molecule has 0 aliphatic carbocycles.